The van der Waals surface area contributed by atoms with Gasteiger partial charge in [-0.3, -0.25) is 9.59 Å². The molecule has 0 unspecified atom stereocenters. The minimum Gasteiger partial charge on any atom is -0.497 e. The van der Waals surface area contributed by atoms with Gasteiger partial charge in [-0.15, -0.1) is 0 Å². The summed E-state index contributed by atoms with van der Waals surface area (Å²) >= 11 is 0. The summed E-state index contributed by atoms with van der Waals surface area (Å²) < 4.78 is 10.6. The molecule has 6 heteroatoms. The van der Waals surface area contributed by atoms with Gasteiger partial charge in [0.15, 0.2) is 0 Å². The van der Waals surface area contributed by atoms with Crippen LogP contribution in [0.1, 0.15) is 18.1 Å². The number of nitrogens with one attached hydrogen (secondary N) is 1. The highest BCUT2D eigenvalue weighted by atomic mass is 16.5. The summed E-state index contributed by atoms with van der Waals surface area (Å²) in [6.07, 6.45) is 0.918. The fraction of sp³-hybridized carbons (Fsp3) is 0.154. The van der Waals surface area contributed by atoms with Crippen LogP contribution in [0.4, 0.5) is 11.4 Å². The van der Waals surface area contributed by atoms with Crippen molar-refractivity contribution in [3.8, 4) is 11.5 Å². The highest BCUT2D eigenvalue weighted by Crippen LogP contribution is 2.36. The second-order valence-electron chi connectivity index (χ2n) is 7.31. The van der Waals surface area contributed by atoms with E-state index in [9.17, 15) is 9.59 Å². The van der Waals surface area contributed by atoms with E-state index in [-0.39, 0.29) is 5.70 Å². The van der Waals surface area contributed by atoms with Gasteiger partial charge in [-0.05, 0) is 29.7 Å². The molecule has 3 aromatic rings. The van der Waals surface area contributed by atoms with Crippen molar-refractivity contribution in [2.75, 3.05) is 24.4 Å². The summed E-state index contributed by atoms with van der Waals surface area (Å²) in [6.45, 7) is 2.08. The number of benzene rings is 3. The van der Waals surface area contributed by atoms with Crippen molar-refractivity contribution < 1.29 is 19.1 Å². The molecular formula is C26H24N2O4. The number of amides is 2. The molecule has 4 rings (SSSR count). The number of carbonyl (C=O) groups is 2. The summed E-state index contributed by atoms with van der Waals surface area (Å²) in [5.74, 6) is 0.114. The van der Waals surface area contributed by atoms with E-state index in [1.165, 1.54) is 19.8 Å². The van der Waals surface area contributed by atoms with E-state index >= 15 is 0 Å². The molecule has 0 radical (unpaired) electrons. The topological polar surface area (TPSA) is 67.9 Å². The number of methoxy groups -OCH3 is 2. The number of hydrogen-bond acceptors (Lipinski definition) is 5. The monoisotopic (exact) mass is 428 g/mol. The van der Waals surface area contributed by atoms with Crippen LogP contribution in [-0.2, 0) is 16.0 Å². The largest absolute Gasteiger partial charge is 0.497 e. The van der Waals surface area contributed by atoms with Gasteiger partial charge < -0.3 is 14.8 Å². The summed E-state index contributed by atoms with van der Waals surface area (Å²) in [5, 5.41) is 3.18. The number of anilines is 2. The molecule has 0 fully saturated rings. The summed E-state index contributed by atoms with van der Waals surface area (Å²) in [5.41, 5.74) is 3.51. The zero-order valence-corrected chi connectivity index (χ0v) is 18.2. The molecule has 3 aromatic carbocycles. The average Bonchev–Trinajstić information content (AvgIpc) is 3.08. The maximum atomic E-state index is 13.5. The Morgan fingerprint density at radius 3 is 2.00 bits per heavy atom. The molecular weight excluding hydrogens is 404 g/mol. The van der Waals surface area contributed by atoms with Crippen molar-refractivity contribution in [3.05, 3.63) is 89.6 Å². The lowest BCUT2D eigenvalue weighted by Crippen LogP contribution is -2.32. The Bertz CT molecular complexity index is 1160. The first-order valence-electron chi connectivity index (χ1n) is 10.3. The van der Waals surface area contributed by atoms with Gasteiger partial charge in [0.25, 0.3) is 11.8 Å². The molecule has 1 aliphatic rings. The zero-order chi connectivity index (χ0) is 22.7. The second kappa shape index (κ2) is 8.98. The van der Waals surface area contributed by atoms with Crippen LogP contribution in [-0.4, -0.2) is 26.0 Å². The molecule has 0 spiro atoms. The third kappa shape index (κ3) is 3.95. The number of hydrogen-bond donors (Lipinski definition) is 1. The number of aryl methyl sites for hydroxylation is 1. The van der Waals surface area contributed by atoms with Crippen molar-refractivity contribution >= 4 is 28.8 Å². The van der Waals surface area contributed by atoms with E-state index in [2.05, 4.69) is 12.2 Å². The van der Waals surface area contributed by atoms with Crippen LogP contribution in [0.25, 0.3) is 5.57 Å². The molecule has 1 heterocycles. The van der Waals surface area contributed by atoms with Gasteiger partial charge in [0.1, 0.15) is 17.2 Å². The molecule has 6 nitrogen and oxygen atoms in total. The maximum absolute atomic E-state index is 13.5. The average molecular weight is 428 g/mol. The van der Waals surface area contributed by atoms with Crippen molar-refractivity contribution in [1.82, 2.24) is 0 Å². The molecule has 32 heavy (non-hydrogen) atoms. The first-order chi connectivity index (χ1) is 15.5. The number of rotatable bonds is 7. The standard InChI is InChI=1S/C26H24N2O4/c1-4-17-10-12-19(13-11-17)27-24-23(18-8-6-5-7-9-18)25(29)28(26(24)30)20-14-21(31-2)16-22(15-20)32-3/h5-16,27H,4H2,1-3H3. The normalized spacial score (nSPS) is 13.5. The van der Waals surface area contributed by atoms with Gasteiger partial charge in [-0.25, -0.2) is 4.90 Å². The van der Waals surface area contributed by atoms with Crippen LogP contribution >= 0.6 is 0 Å². The zero-order valence-electron chi connectivity index (χ0n) is 18.2. The molecule has 0 aliphatic carbocycles. The maximum Gasteiger partial charge on any atom is 0.282 e. The van der Waals surface area contributed by atoms with Crippen LogP contribution in [0.2, 0.25) is 0 Å². The number of carbonyl (C=O) groups excluding carboxylic acids is 2. The predicted octanol–water partition coefficient (Wildman–Crippen LogP) is 4.66. The van der Waals surface area contributed by atoms with Gasteiger partial charge in [-0.1, -0.05) is 49.4 Å². The van der Waals surface area contributed by atoms with Gasteiger partial charge in [0.2, 0.25) is 0 Å². The van der Waals surface area contributed by atoms with E-state index in [1.54, 1.807) is 18.2 Å². The SMILES string of the molecule is CCc1ccc(NC2=C(c3ccccc3)C(=O)N(c3cc(OC)cc(OC)c3)C2=O)cc1. The van der Waals surface area contributed by atoms with Crippen molar-refractivity contribution in [3.63, 3.8) is 0 Å². The second-order valence-corrected chi connectivity index (χ2v) is 7.31. The minimum atomic E-state index is -0.441. The fourth-order valence-electron chi connectivity index (χ4n) is 3.64. The lowest BCUT2D eigenvalue weighted by Gasteiger charge is -2.17. The predicted molar refractivity (Wildman–Crippen MR) is 125 cm³/mol. The van der Waals surface area contributed by atoms with E-state index in [0.29, 0.717) is 28.3 Å². The van der Waals surface area contributed by atoms with Crippen LogP contribution in [0.3, 0.4) is 0 Å². The summed E-state index contributed by atoms with van der Waals surface area (Å²) in [4.78, 5) is 28.2. The van der Waals surface area contributed by atoms with Crippen molar-refractivity contribution in [2.45, 2.75) is 13.3 Å². The Kier molecular flexibility index (Phi) is 5.94. The summed E-state index contributed by atoms with van der Waals surface area (Å²) in [7, 11) is 3.04. The van der Waals surface area contributed by atoms with E-state index in [1.807, 2.05) is 54.6 Å². The molecule has 0 bridgehead atoms. The molecule has 1 aliphatic heterocycles. The van der Waals surface area contributed by atoms with Crippen molar-refractivity contribution in [1.29, 1.82) is 0 Å². The highest BCUT2D eigenvalue weighted by molar-refractivity contribution is 6.46. The Hall–Kier alpha value is -4.06. The van der Waals surface area contributed by atoms with Crippen LogP contribution in [0, 0.1) is 0 Å². The highest BCUT2D eigenvalue weighted by Gasteiger charge is 2.40. The van der Waals surface area contributed by atoms with Gasteiger partial charge >= 0.3 is 0 Å². The summed E-state index contributed by atoms with van der Waals surface area (Å²) in [6, 6.07) is 22.0. The van der Waals surface area contributed by atoms with E-state index < -0.39 is 11.8 Å². The molecule has 2 amide bonds. The minimum absolute atomic E-state index is 0.229. The molecule has 0 aromatic heterocycles. The number of imide groups is 1. The number of nitrogens with zero attached hydrogens (tertiary/aromatic N) is 1. The Morgan fingerprint density at radius 1 is 0.812 bits per heavy atom. The van der Waals surface area contributed by atoms with E-state index in [4.69, 9.17) is 9.47 Å². The Morgan fingerprint density at radius 2 is 1.44 bits per heavy atom. The smallest absolute Gasteiger partial charge is 0.282 e. The lowest BCUT2D eigenvalue weighted by atomic mass is 10.0. The van der Waals surface area contributed by atoms with Crippen LogP contribution < -0.4 is 19.7 Å². The van der Waals surface area contributed by atoms with Gasteiger partial charge in [0.05, 0.1) is 25.5 Å². The Balaban J connectivity index is 1.80. The molecule has 0 saturated heterocycles. The number of ether oxygens (including phenoxy) is 2. The quantitative estimate of drug-likeness (QED) is 0.554. The first-order valence-corrected chi connectivity index (χ1v) is 10.3. The van der Waals surface area contributed by atoms with E-state index in [0.717, 1.165) is 17.0 Å². The third-order valence-electron chi connectivity index (χ3n) is 5.37. The van der Waals surface area contributed by atoms with Gasteiger partial charge in [0, 0.05) is 23.9 Å². The molecule has 162 valence electrons. The van der Waals surface area contributed by atoms with Crippen molar-refractivity contribution in [2.24, 2.45) is 0 Å². The van der Waals surface area contributed by atoms with Gasteiger partial charge in [-0.2, -0.15) is 0 Å². The Labute approximate surface area is 187 Å². The third-order valence-corrected chi connectivity index (χ3v) is 5.37. The lowest BCUT2D eigenvalue weighted by molar-refractivity contribution is -0.120. The van der Waals surface area contributed by atoms with Crippen LogP contribution in [0.15, 0.2) is 78.5 Å². The fourth-order valence-corrected chi connectivity index (χ4v) is 3.64. The van der Waals surface area contributed by atoms with Crippen LogP contribution in [0.5, 0.6) is 11.5 Å². The first kappa shape index (κ1) is 21.2. The molecule has 0 saturated carbocycles. The molecule has 0 atom stereocenters. The molecule has 1 N–H and O–H groups in total.